The quantitative estimate of drug-likeness (QED) is 0.648. The van der Waals surface area contributed by atoms with Crippen LogP contribution in [0.5, 0.6) is 0 Å². The predicted molar refractivity (Wildman–Crippen MR) is 100 cm³/mol. The Labute approximate surface area is 161 Å². The molecule has 1 aromatic rings. The number of nitrogens with zero attached hydrogens (tertiary/aromatic N) is 4. The number of amides is 1. The lowest BCUT2D eigenvalue weighted by molar-refractivity contribution is -0.131. The molecule has 27 heavy (non-hydrogen) atoms. The summed E-state index contributed by atoms with van der Waals surface area (Å²) in [6.07, 6.45) is 9.23. The smallest absolute Gasteiger partial charge is 0.236 e. The van der Waals surface area contributed by atoms with Gasteiger partial charge in [0, 0.05) is 26.1 Å². The SMILES string of the molecule is O=C(CN1CCCCCC1)N1CCC(c2nc(CCOCC3CC3)no2)C1. The standard InChI is InChI=1S/C20H32N4O3/c25-19(14-23-9-3-1-2-4-10-23)24-11-7-17(13-24)20-21-18(22-27-20)8-12-26-15-16-5-6-16/h16-17H,1-15H2. The number of carbonyl (C=O) groups is 1. The van der Waals surface area contributed by atoms with Gasteiger partial charge in [0.2, 0.25) is 11.8 Å². The Hall–Kier alpha value is -1.47. The van der Waals surface area contributed by atoms with Crippen molar-refractivity contribution >= 4 is 5.91 Å². The van der Waals surface area contributed by atoms with E-state index in [1.807, 2.05) is 4.90 Å². The summed E-state index contributed by atoms with van der Waals surface area (Å²) >= 11 is 0. The molecule has 0 aromatic carbocycles. The van der Waals surface area contributed by atoms with E-state index in [0.717, 1.165) is 44.4 Å². The lowest BCUT2D eigenvalue weighted by Gasteiger charge is -2.23. The molecular weight excluding hydrogens is 344 g/mol. The highest BCUT2D eigenvalue weighted by molar-refractivity contribution is 5.78. The molecule has 3 fully saturated rings. The van der Waals surface area contributed by atoms with Gasteiger partial charge in [-0.05, 0) is 51.1 Å². The molecule has 3 aliphatic rings. The van der Waals surface area contributed by atoms with Crippen LogP contribution in [-0.4, -0.2) is 71.8 Å². The first kappa shape index (κ1) is 18.9. The molecule has 0 spiro atoms. The fraction of sp³-hybridized carbons (Fsp3) is 0.850. The van der Waals surface area contributed by atoms with E-state index in [1.165, 1.54) is 38.5 Å². The van der Waals surface area contributed by atoms with Crippen molar-refractivity contribution in [3.05, 3.63) is 11.7 Å². The van der Waals surface area contributed by atoms with Crippen LogP contribution in [0.15, 0.2) is 4.52 Å². The van der Waals surface area contributed by atoms with Crippen LogP contribution in [0.2, 0.25) is 0 Å². The van der Waals surface area contributed by atoms with Crippen LogP contribution >= 0.6 is 0 Å². The third-order valence-electron chi connectivity index (χ3n) is 5.95. The maximum absolute atomic E-state index is 12.6. The minimum absolute atomic E-state index is 0.173. The zero-order valence-electron chi connectivity index (χ0n) is 16.3. The molecule has 1 aromatic heterocycles. The summed E-state index contributed by atoms with van der Waals surface area (Å²) in [5.41, 5.74) is 0. The van der Waals surface area contributed by atoms with Gasteiger partial charge in [0.15, 0.2) is 5.82 Å². The van der Waals surface area contributed by atoms with Crippen LogP contribution in [0.4, 0.5) is 0 Å². The van der Waals surface area contributed by atoms with E-state index in [0.29, 0.717) is 32.0 Å². The van der Waals surface area contributed by atoms with Crippen molar-refractivity contribution in [3.8, 4) is 0 Å². The molecule has 7 nitrogen and oxygen atoms in total. The second kappa shape index (κ2) is 9.15. The highest BCUT2D eigenvalue weighted by atomic mass is 16.5. The van der Waals surface area contributed by atoms with Gasteiger partial charge in [-0.25, -0.2) is 0 Å². The minimum atomic E-state index is 0.173. The predicted octanol–water partition coefficient (Wildman–Crippen LogP) is 2.23. The molecule has 1 aliphatic carbocycles. The summed E-state index contributed by atoms with van der Waals surface area (Å²) < 4.78 is 11.1. The molecule has 0 N–H and O–H groups in total. The van der Waals surface area contributed by atoms with Crippen LogP contribution in [0, 0.1) is 5.92 Å². The maximum atomic E-state index is 12.6. The van der Waals surface area contributed by atoms with Crippen molar-refractivity contribution in [2.45, 2.75) is 57.3 Å². The topological polar surface area (TPSA) is 71.7 Å². The lowest BCUT2D eigenvalue weighted by Crippen LogP contribution is -2.39. The van der Waals surface area contributed by atoms with Gasteiger partial charge in [-0.3, -0.25) is 9.69 Å². The molecule has 0 bridgehead atoms. The molecule has 1 atom stereocenters. The van der Waals surface area contributed by atoms with Gasteiger partial charge < -0.3 is 14.2 Å². The number of ether oxygens (including phenoxy) is 1. The van der Waals surface area contributed by atoms with Gasteiger partial charge in [-0.2, -0.15) is 4.98 Å². The highest BCUT2D eigenvalue weighted by Gasteiger charge is 2.31. The summed E-state index contributed by atoms with van der Waals surface area (Å²) in [4.78, 5) is 21.5. The fourth-order valence-electron chi connectivity index (χ4n) is 4.01. The first-order chi connectivity index (χ1) is 13.3. The summed E-state index contributed by atoms with van der Waals surface area (Å²) in [5, 5.41) is 4.09. The number of likely N-dealkylation sites (tertiary alicyclic amines) is 2. The molecule has 0 radical (unpaired) electrons. The number of hydrogen-bond donors (Lipinski definition) is 0. The fourth-order valence-corrected chi connectivity index (χ4v) is 4.01. The van der Waals surface area contributed by atoms with E-state index < -0.39 is 0 Å². The van der Waals surface area contributed by atoms with Gasteiger partial charge in [-0.1, -0.05) is 18.0 Å². The normalized spacial score (nSPS) is 24.3. The van der Waals surface area contributed by atoms with Gasteiger partial charge in [0.1, 0.15) is 0 Å². The van der Waals surface area contributed by atoms with Gasteiger partial charge in [0.25, 0.3) is 0 Å². The Morgan fingerprint density at radius 2 is 1.93 bits per heavy atom. The van der Waals surface area contributed by atoms with Crippen molar-refractivity contribution in [2.75, 3.05) is 45.9 Å². The summed E-state index contributed by atoms with van der Waals surface area (Å²) in [5.74, 6) is 2.59. The second-order valence-corrected chi connectivity index (χ2v) is 8.33. The summed E-state index contributed by atoms with van der Waals surface area (Å²) in [6.45, 7) is 5.67. The number of aromatic nitrogens is 2. The average Bonchev–Trinajstić information content (AvgIpc) is 3.25. The molecule has 7 heteroatoms. The van der Waals surface area contributed by atoms with Crippen molar-refractivity contribution in [1.82, 2.24) is 19.9 Å². The van der Waals surface area contributed by atoms with Crippen LogP contribution in [0.25, 0.3) is 0 Å². The maximum Gasteiger partial charge on any atom is 0.236 e. The monoisotopic (exact) mass is 376 g/mol. The van der Waals surface area contributed by atoms with E-state index in [4.69, 9.17) is 9.26 Å². The molecule has 4 rings (SSSR count). The molecule has 2 aliphatic heterocycles. The number of rotatable bonds is 8. The molecule has 1 saturated carbocycles. The molecule has 1 unspecified atom stereocenters. The van der Waals surface area contributed by atoms with Gasteiger partial charge in [0.05, 0.1) is 19.1 Å². The van der Waals surface area contributed by atoms with Crippen molar-refractivity contribution < 1.29 is 14.1 Å². The Bertz CT molecular complexity index is 608. The van der Waals surface area contributed by atoms with Crippen molar-refractivity contribution in [3.63, 3.8) is 0 Å². The first-order valence-electron chi connectivity index (χ1n) is 10.7. The third-order valence-corrected chi connectivity index (χ3v) is 5.95. The van der Waals surface area contributed by atoms with Gasteiger partial charge >= 0.3 is 0 Å². The Balaban J connectivity index is 1.20. The number of hydrogen-bond acceptors (Lipinski definition) is 6. The second-order valence-electron chi connectivity index (χ2n) is 8.33. The summed E-state index contributed by atoms with van der Waals surface area (Å²) in [7, 11) is 0. The van der Waals surface area contributed by atoms with E-state index >= 15 is 0 Å². The van der Waals surface area contributed by atoms with Crippen LogP contribution in [-0.2, 0) is 16.0 Å². The van der Waals surface area contributed by atoms with E-state index in [-0.39, 0.29) is 11.8 Å². The minimum Gasteiger partial charge on any atom is -0.381 e. The average molecular weight is 377 g/mol. The Kier molecular flexibility index (Phi) is 6.39. The molecular formula is C20H32N4O3. The van der Waals surface area contributed by atoms with Gasteiger partial charge in [-0.15, -0.1) is 0 Å². The Morgan fingerprint density at radius 3 is 2.70 bits per heavy atom. The zero-order chi connectivity index (χ0) is 18.5. The third kappa shape index (κ3) is 5.51. The summed E-state index contributed by atoms with van der Waals surface area (Å²) in [6, 6.07) is 0. The van der Waals surface area contributed by atoms with Crippen LogP contribution in [0.3, 0.4) is 0 Å². The highest BCUT2D eigenvalue weighted by Crippen LogP contribution is 2.29. The molecule has 3 heterocycles. The first-order valence-corrected chi connectivity index (χ1v) is 10.7. The van der Waals surface area contributed by atoms with Crippen LogP contribution < -0.4 is 0 Å². The van der Waals surface area contributed by atoms with E-state index in [9.17, 15) is 4.79 Å². The van der Waals surface area contributed by atoms with E-state index in [1.54, 1.807) is 0 Å². The zero-order valence-corrected chi connectivity index (χ0v) is 16.3. The van der Waals surface area contributed by atoms with Crippen molar-refractivity contribution in [2.24, 2.45) is 5.92 Å². The lowest BCUT2D eigenvalue weighted by atomic mass is 10.1. The molecule has 1 amide bonds. The van der Waals surface area contributed by atoms with Crippen LogP contribution in [0.1, 0.15) is 62.6 Å². The largest absolute Gasteiger partial charge is 0.381 e. The van der Waals surface area contributed by atoms with E-state index in [2.05, 4.69) is 15.0 Å². The van der Waals surface area contributed by atoms with Crippen molar-refractivity contribution in [1.29, 1.82) is 0 Å². The molecule has 150 valence electrons. The molecule has 2 saturated heterocycles. The number of carbonyl (C=O) groups excluding carboxylic acids is 1. The Morgan fingerprint density at radius 1 is 1.11 bits per heavy atom.